The van der Waals surface area contributed by atoms with E-state index >= 15 is 0 Å². The zero-order chi connectivity index (χ0) is 18.1. The van der Waals surface area contributed by atoms with Crippen LogP contribution >= 0.6 is 11.8 Å². The Hall–Kier alpha value is -2.22. The van der Waals surface area contributed by atoms with Crippen LogP contribution in [-0.4, -0.2) is 27.7 Å². The molecule has 2 rings (SSSR count). The first-order valence-corrected chi connectivity index (χ1v) is 7.70. The first-order chi connectivity index (χ1) is 11.1. The second-order valence-corrected chi connectivity index (χ2v) is 6.34. The Balaban J connectivity index is 2.31. The molecular formula is C16H14F3NO3S. The number of aromatic hydroxyl groups is 1. The van der Waals surface area contributed by atoms with Crippen LogP contribution in [0.1, 0.15) is 25.0 Å². The largest absolute Gasteiger partial charge is 0.507 e. The molecule has 1 aromatic rings. The van der Waals surface area contributed by atoms with Gasteiger partial charge in [0.15, 0.2) is 0 Å². The molecule has 1 N–H and O–H groups in total. The van der Waals surface area contributed by atoms with Crippen molar-refractivity contribution < 1.29 is 27.9 Å². The normalized spacial score (nSPS) is 16.9. The van der Waals surface area contributed by atoms with Gasteiger partial charge in [-0.2, -0.15) is 13.2 Å². The summed E-state index contributed by atoms with van der Waals surface area (Å²) in [6, 6.07) is 2.89. The van der Waals surface area contributed by atoms with Crippen molar-refractivity contribution in [1.82, 2.24) is 4.90 Å². The number of benzene rings is 1. The third-order valence-corrected chi connectivity index (χ3v) is 4.09. The Kier molecular flexibility index (Phi) is 5.08. The van der Waals surface area contributed by atoms with Gasteiger partial charge in [-0.1, -0.05) is 17.7 Å². The number of phenols is 1. The van der Waals surface area contributed by atoms with Crippen LogP contribution in [0.15, 0.2) is 34.8 Å². The zero-order valence-corrected chi connectivity index (χ0v) is 13.7. The number of halogens is 3. The minimum Gasteiger partial charge on any atom is -0.507 e. The summed E-state index contributed by atoms with van der Waals surface area (Å²) in [7, 11) is 0. The molecule has 2 amide bonds. The fraction of sp³-hybridized carbons (Fsp3) is 0.250. The average Bonchev–Trinajstić information content (AvgIpc) is 2.72. The van der Waals surface area contributed by atoms with Crippen LogP contribution in [0.25, 0.3) is 6.08 Å². The molecule has 24 heavy (non-hydrogen) atoms. The molecule has 1 heterocycles. The molecule has 0 spiro atoms. The maximum absolute atomic E-state index is 12.8. The van der Waals surface area contributed by atoms with Crippen LogP contribution in [0.3, 0.4) is 0 Å². The molecular weight excluding hydrogens is 343 g/mol. The summed E-state index contributed by atoms with van der Waals surface area (Å²) in [5.74, 6) is -1.44. The van der Waals surface area contributed by atoms with Gasteiger partial charge in [-0.05, 0) is 49.4 Å². The lowest BCUT2D eigenvalue weighted by Crippen LogP contribution is -2.28. The number of carbonyl (C=O) groups is 2. The smallest absolute Gasteiger partial charge is 0.419 e. The highest BCUT2D eigenvalue weighted by atomic mass is 32.2. The summed E-state index contributed by atoms with van der Waals surface area (Å²) >= 11 is 0.671. The predicted molar refractivity (Wildman–Crippen MR) is 85.2 cm³/mol. The Bertz CT molecular complexity index is 749. The molecule has 1 aliphatic rings. The molecule has 1 saturated heterocycles. The number of rotatable bonds is 3. The molecule has 4 nitrogen and oxygen atoms in total. The summed E-state index contributed by atoms with van der Waals surface area (Å²) in [6.07, 6.45) is -1.79. The van der Waals surface area contributed by atoms with Crippen molar-refractivity contribution in [3.8, 4) is 5.75 Å². The number of thioether (sulfide) groups is 1. The first kappa shape index (κ1) is 18.1. The summed E-state index contributed by atoms with van der Waals surface area (Å²) in [5, 5.41) is 8.83. The Morgan fingerprint density at radius 2 is 1.96 bits per heavy atom. The number of hydrogen-bond donors (Lipinski definition) is 1. The standard InChI is InChI=1S/C16H14F3NO3S/c1-9(2)5-6-20-14(22)13(24-15(20)23)8-10-3-4-12(21)11(7-10)16(17,18)19/h3-5,7-8,21H,6H2,1-2H3/b13-8-. The fourth-order valence-corrected chi connectivity index (χ4v) is 2.80. The van der Waals surface area contributed by atoms with Gasteiger partial charge in [0, 0.05) is 6.54 Å². The third kappa shape index (κ3) is 4.00. The number of nitrogens with zero attached hydrogens (tertiary/aromatic N) is 1. The van der Waals surface area contributed by atoms with Gasteiger partial charge in [0.1, 0.15) is 5.75 Å². The summed E-state index contributed by atoms with van der Waals surface area (Å²) in [6.45, 7) is 3.77. The van der Waals surface area contributed by atoms with E-state index in [1.165, 1.54) is 12.1 Å². The number of allylic oxidation sites excluding steroid dienone is 1. The van der Waals surface area contributed by atoms with Crippen molar-refractivity contribution in [2.24, 2.45) is 0 Å². The van der Waals surface area contributed by atoms with Crippen LogP contribution in [0.4, 0.5) is 18.0 Å². The molecule has 128 valence electrons. The molecule has 0 aromatic heterocycles. The molecule has 0 unspecified atom stereocenters. The molecule has 1 fully saturated rings. The van der Waals surface area contributed by atoms with Crippen molar-refractivity contribution in [3.05, 3.63) is 45.9 Å². The van der Waals surface area contributed by atoms with E-state index in [-0.39, 0.29) is 17.0 Å². The molecule has 0 bridgehead atoms. The number of amides is 2. The summed E-state index contributed by atoms with van der Waals surface area (Å²) < 4.78 is 38.4. The van der Waals surface area contributed by atoms with Gasteiger partial charge in [0.25, 0.3) is 11.1 Å². The lowest BCUT2D eigenvalue weighted by Gasteiger charge is -2.10. The lowest BCUT2D eigenvalue weighted by molar-refractivity contribution is -0.138. The van der Waals surface area contributed by atoms with E-state index in [1.54, 1.807) is 6.08 Å². The monoisotopic (exact) mass is 357 g/mol. The number of hydrogen-bond acceptors (Lipinski definition) is 4. The highest BCUT2D eigenvalue weighted by Crippen LogP contribution is 2.37. The molecule has 0 saturated carbocycles. The molecule has 0 aliphatic carbocycles. The van der Waals surface area contributed by atoms with Crippen LogP contribution in [0, 0.1) is 0 Å². The first-order valence-electron chi connectivity index (χ1n) is 6.88. The molecule has 8 heteroatoms. The Morgan fingerprint density at radius 3 is 2.54 bits per heavy atom. The SMILES string of the molecule is CC(C)=CCN1C(=O)S/C(=C\c2ccc(O)c(C(F)(F)F)c2)C1=O. The Morgan fingerprint density at radius 1 is 1.29 bits per heavy atom. The van der Waals surface area contributed by atoms with Crippen LogP contribution in [0.5, 0.6) is 5.75 Å². The van der Waals surface area contributed by atoms with Gasteiger partial charge >= 0.3 is 6.18 Å². The molecule has 0 radical (unpaired) electrons. The van der Waals surface area contributed by atoms with Crippen molar-refractivity contribution >= 4 is 29.0 Å². The second kappa shape index (κ2) is 6.72. The number of carbonyl (C=O) groups excluding carboxylic acids is 2. The van der Waals surface area contributed by atoms with E-state index in [0.717, 1.165) is 22.6 Å². The van der Waals surface area contributed by atoms with Crippen molar-refractivity contribution in [3.63, 3.8) is 0 Å². The van der Waals surface area contributed by atoms with E-state index in [1.807, 2.05) is 13.8 Å². The van der Waals surface area contributed by atoms with E-state index in [2.05, 4.69) is 0 Å². The molecule has 1 aromatic carbocycles. The highest BCUT2D eigenvalue weighted by Gasteiger charge is 2.36. The van der Waals surface area contributed by atoms with Crippen molar-refractivity contribution in [2.75, 3.05) is 6.54 Å². The second-order valence-electron chi connectivity index (χ2n) is 5.35. The van der Waals surface area contributed by atoms with Gasteiger partial charge in [0.05, 0.1) is 10.5 Å². The van der Waals surface area contributed by atoms with E-state index in [0.29, 0.717) is 11.8 Å². The van der Waals surface area contributed by atoms with Crippen molar-refractivity contribution in [2.45, 2.75) is 20.0 Å². The van der Waals surface area contributed by atoms with Gasteiger partial charge in [-0.15, -0.1) is 0 Å². The minimum absolute atomic E-state index is 0.0426. The minimum atomic E-state index is -4.71. The van der Waals surface area contributed by atoms with E-state index < -0.39 is 28.6 Å². The molecule has 1 aliphatic heterocycles. The predicted octanol–water partition coefficient (Wildman–Crippen LogP) is 4.41. The maximum atomic E-state index is 12.8. The van der Waals surface area contributed by atoms with E-state index in [4.69, 9.17) is 0 Å². The fourth-order valence-electron chi connectivity index (χ4n) is 1.95. The lowest BCUT2D eigenvalue weighted by atomic mass is 10.1. The topological polar surface area (TPSA) is 57.6 Å². The Labute approximate surface area is 140 Å². The maximum Gasteiger partial charge on any atom is 0.419 e. The third-order valence-electron chi connectivity index (χ3n) is 3.18. The van der Waals surface area contributed by atoms with Gasteiger partial charge < -0.3 is 5.11 Å². The van der Waals surface area contributed by atoms with Crippen LogP contribution in [-0.2, 0) is 11.0 Å². The van der Waals surface area contributed by atoms with Crippen LogP contribution in [0.2, 0.25) is 0 Å². The summed E-state index contributed by atoms with van der Waals surface area (Å²) in [4.78, 5) is 25.1. The van der Waals surface area contributed by atoms with Gasteiger partial charge in [-0.3, -0.25) is 14.5 Å². The van der Waals surface area contributed by atoms with Crippen LogP contribution < -0.4 is 0 Å². The number of imide groups is 1. The molecule has 0 atom stereocenters. The van der Waals surface area contributed by atoms with Gasteiger partial charge in [0.2, 0.25) is 0 Å². The number of phenolic OH excluding ortho intramolecular Hbond substituents is 1. The van der Waals surface area contributed by atoms with Crippen molar-refractivity contribution in [1.29, 1.82) is 0 Å². The quantitative estimate of drug-likeness (QED) is 0.643. The summed E-state index contributed by atoms with van der Waals surface area (Å²) in [5.41, 5.74) is -0.181. The zero-order valence-electron chi connectivity index (χ0n) is 12.8. The highest BCUT2D eigenvalue weighted by molar-refractivity contribution is 8.18. The van der Waals surface area contributed by atoms with E-state index in [9.17, 15) is 27.9 Å². The van der Waals surface area contributed by atoms with Gasteiger partial charge in [-0.25, -0.2) is 0 Å². The number of alkyl halides is 3. The average molecular weight is 357 g/mol.